The van der Waals surface area contributed by atoms with Crippen molar-refractivity contribution in [2.75, 3.05) is 7.11 Å². The molecule has 0 aliphatic rings. The molecule has 1 aromatic carbocycles. The first kappa shape index (κ1) is 12.9. The predicted molar refractivity (Wildman–Crippen MR) is 72.5 cm³/mol. The molecule has 5 heteroatoms. The molecule has 0 atom stereocenters. The Morgan fingerprint density at radius 2 is 2.06 bits per heavy atom. The van der Waals surface area contributed by atoms with Crippen molar-refractivity contribution < 1.29 is 4.74 Å². The van der Waals surface area contributed by atoms with Gasteiger partial charge in [0.2, 0.25) is 0 Å². The Hall–Kier alpha value is -1.59. The van der Waals surface area contributed by atoms with Crippen LogP contribution in [0.15, 0.2) is 41.8 Å². The Bertz CT molecular complexity index is 505. The molecule has 0 saturated carbocycles. The maximum atomic E-state index is 5.69. The van der Waals surface area contributed by atoms with Gasteiger partial charge in [-0.15, -0.1) is 0 Å². The highest BCUT2D eigenvalue weighted by Crippen LogP contribution is 2.24. The normalized spacial score (nSPS) is 10.3. The zero-order valence-electron chi connectivity index (χ0n) is 10.2. The quantitative estimate of drug-likeness (QED) is 0.660. The molecule has 0 spiro atoms. The SMILES string of the molecule is COc1ccc(CSc2ncccn2)cc1CN. The van der Waals surface area contributed by atoms with Gasteiger partial charge in [0.05, 0.1) is 7.11 Å². The number of rotatable bonds is 5. The lowest BCUT2D eigenvalue weighted by atomic mass is 10.1. The summed E-state index contributed by atoms with van der Waals surface area (Å²) in [6, 6.07) is 7.86. The Labute approximate surface area is 111 Å². The van der Waals surface area contributed by atoms with Crippen molar-refractivity contribution in [3.05, 3.63) is 47.8 Å². The number of methoxy groups -OCH3 is 1. The minimum absolute atomic E-state index is 0.476. The molecule has 0 unspecified atom stereocenters. The van der Waals surface area contributed by atoms with E-state index in [2.05, 4.69) is 16.0 Å². The summed E-state index contributed by atoms with van der Waals surface area (Å²) in [6.45, 7) is 0.476. The number of hydrogen-bond donors (Lipinski definition) is 1. The lowest BCUT2D eigenvalue weighted by Gasteiger charge is -2.08. The molecule has 0 amide bonds. The van der Waals surface area contributed by atoms with E-state index in [1.54, 1.807) is 31.3 Å². The van der Waals surface area contributed by atoms with Crippen molar-refractivity contribution in [2.24, 2.45) is 5.73 Å². The third-order valence-electron chi connectivity index (χ3n) is 2.47. The first-order valence-electron chi connectivity index (χ1n) is 5.59. The van der Waals surface area contributed by atoms with Crippen molar-refractivity contribution in [2.45, 2.75) is 17.5 Å². The van der Waals surface area contributed by atoms with Crippen molar-refractivity contribution in [3.63, 3.8) is 0 Å². The van der Waals surface area contributed by atoms with Gasteiger partial charge in [0.1, 0.15) is 5.75 Å². The van der Waals surface area contributed by atoms with E-state index < -0.39 is 0 Å². The largest absolute Gasteiger partial charge is 0.496 e. The number of thioether (sulfide) groups is 1. The lowest BCUT2D eigenvalue weighted by molar-refractivity contribution is 0.409. The van der Waals surface area contributed by atoms with Crippen LogP contribution in [0.1, 0.15) is 11.1 Å². The van der Waals surface area contributed by atoms with Gasteiger partial charge in [0, 0.05) is 30.3 Å². The molecule has 1 heterocycles. The molecule has 0 saturated heterocycles. The molecule has 2 rings (SSSR count). The van der Waals surface area contributed by atoms with Gasteiger partial charge in [-0.05, 0) is 23.8 Å². The Balaban J connectivity index is 2.06. The van der Waals surface area contributed by atoms with E-state index in [1.165, 1.54) is 5.56 Å². The highest BCUT2D eigenvalue weighted by Gasteiger charge is 2.04. The van der Waals surface area contributed by atoms with Crippen LogP contribution in [0.4, 0.5) is 0 Å². The molecule has 0 fully saturated rings. The average molecular weight is 261 g/mol. The summed E-state index contributed by atoms with van der Waals surface area (Å²) in [5.41, 5.74) is 7.90. The second kappa shape index (κ2) is 6.37. The van der Waals surface area contributed by atoms with E-state index in [0.29, 0.717) is 6.54 Å². The maximum absolute atomic E-state index is 5.69. The number of nitrogens with two attached hydrogens (primary N) is 1. The van der Waals surface area contributed by atoms with Crippen LogP contribution in [0.5, 0.6) is 5.75 Å². The summed E-state index contributed by atoms with van der Waals surface area (Å²) in [6.07, 6.45) is 3.49. The first-order chi connectivity index (χ1) is 8.83. The molecule has 94 valence electrons. The minimum atomic E-state index is 0.476. The van der Waals surface area contributed by atoms with E-state index in [0.717, 1.165) is 22.2 Å². The number of ether oxygens (including phenoxy) is 1. The second-order valence-corrected chi connectivity index (χ2v) is 4.61. The number of nitrogens with zero attached hydrogens (tertiary/aromatic N) is 2. The van der Waals surface area contributed by atoms with Crippen molar-refractivity contribution in [3.8, 4) is 5.75 Å². The summed E-state index contributed by atoms with van der Waals surface area (Å²) >= 11 is 1.60. The number of hydrogen-bond acceptors (Lipinski definition) is 5. The van der Waals surface area contributed by atoms with Gasteiger partial charge >= 0.3 is 0 Å². The van der Waals surface area contributed by atoms with Crippen LogP contribution in [-0.4, -0.2) is 17.1 Å². The van der Waals surface area contributed by atoms with Gasteiger partial charge in [-0.25, -0.2) is 9.97 Å². The van der Waals surface area contributed by atoms with Crippen LogP contribution < -0.4 is 10.5 Å². The number of aromatic nitrogens is 2. The van der Waals surface area contributed by atoms with Gasteiger partial charge in [0.25, 0.3) is 0 Å². The molecular weight excluding hydrogens is 246 g/mol. The summed E-state index contributed by atoms with van der Waals surface area (Å²) in [7, 11) is 1.65. The summed E-state index contributed by atoms with van der Waals surface area (Å²) in [5.74, 6) is 1.66. The van der Waals surface area contributed by atoms with Gasteiger partial charge in [0.15, 0.2) is 5.16 Å². The minimum Gasteiger partial charge on any atom is -0.496 e. The highest BCUT2D eigenvalue weighted by atomic mass is 32.2. The summed E-state index contributed by atoms with van der Waals surface area (Å²) in [4.78, 5) is 8.35. The molecule has 0 aliphatic carbocycles. The fourth-order valence-electron chi connectivity index (χ4n) is 1.59. The molecule has 1 aromatic heterocycles. The Kier molecular flexibility index (Phi) is 4.55. The van der Waals surface area contributed by atoms with E-state index >= 15 is 0 Å². The average Bonchev–Trinajstić information content (AvgIpc) is 2.45. The second-order valence-electron chi connectivity index (χ2n) is 3.67. The fraction of sp³-hybridized carbons (Fsp3) is 0.231. The van der Waals surface area contributed by atoms with Gasteiger partial charge in [-0.2, -0.15) is 0 Å². The smallest absolute Gasteiger partial charge is 0.187 e. The van der Waals surface area contributed by atoms with Crippen LogP contribution >= 0.6 is 11.8 Å². The molecule has 0 bridgehead atoms. The molecule has 0 aliphatic heterocycles. The highest BCUT2D eigenvalue weighted by molar-refractivity contribution is 7.98. The van der Waals surface area contributed by atoms with Crippen molar-refractivity contribution in [1.29, 1.82) is 0 Å². The predicted octanol–water partition coefficient (Wildman–Crippen LogP) is 2.24. The van der Waals surface area contributed by atoms with E-state index in [1.807, 2.05) is 18.2 Å². The topological polar surface area (TPSA) is 61.0 Å². The number of benzene rings is 1. The fourth-order valence-corrected chi connectivity index (χ4v) is 2.34. The van der Waals surface area contributed by atoms with Gasteiger partial charge in [-0.3, -0.25) is 0 Å². The van der Waals surface area contributed by atoms with E-state index in [9.17, 15) is 0 Å². The van der Waals surface area contributed by atoms with Crippen LogP contribution in [0.3, 0.4) is 0 Å². The van der Waals surface area contributed by atoms with Crippen molar-refractivity contribution >= 4 is 11.8 Å². The van der Waals surface area contributed by atoms with Crippen LogP contribution in [0.2, 0.25) is 0 Å². The van der Waals surface area contributed by atoms with Crippen LogP contribution in [0, 0.1) is 0 Å². The third-order valence-corrected chi connectivity index (χ3v) is 3.42. The molecule has 2 N–H and O–H groups in total. The zero-order valence-corrected chi connectivity index (χ0v) is 11.0. The van der Waals surface area contributed by atoms with Gasteiger partial charge in [-0.1, -0.05) is 17.8 Å². The molecule has 0 radical (unpaired) electrons. The molecule has 2 aromatic rings. The first-order valence-corrected chi connectivity index (χ1v) is 6.57. The zero-order chi connectivity index (χ0) is 12.8. The molecule has 4 nitrogen and oxygen atoms in total. The monoisotopic (exact) mass is 261 g/mol. The Morgan fingerprint density at radius 3 is 2.72 bits per heavy atom. The molecular formula is C13H15N3OS. The third kappa shape index (κ3) is 3.21. The lowest BCUT2D eigenvalue weighted by Crippen LogP contribution is -2.00. The van der Waals surface area contributed by atoms with Gasteiger partial charge < -0.3 is 10.5 Å². The maximum Gasteiger partial charge on any atom is 0.187 e. The van der Waals surface area contributed by atoms with Crippen molar-refractivity contribution in [1.82, 2.24) is 9.97 Å². The summed E-state index contributed by atoms with van der Waals surface area (Å²) in [5, 5.41) is 0.780. The van der Waals surface area contributed by atoms with Crippen LogP contribution in [0.25, 0.3) is 0 Å². The Morgan fingerprint density at radius 1 is 1.28 bits per heavy atom. The summed E-state index contributed by atoms with van der Waals surface area (Å²) < 4.78 is 5.24. The van der Waals surface area contributed by atoms with E-state index in [-0.39, 0.29) is 0 Å². The van der Waals surface area contributed by atoms with Crippen LogP contribution in [-0.2, 0) is 12.3 Å². The standard InChI is InChI=1S/C13H15N3OS/c1-17-12-4-3-10(7-11(12)8-14)9-18-13-15-5-2-6-16-13/h2-7H,8-9,14H2,1H3. The molecule has 18 heavy (non-hydrogen) atoms. The van der Waals surface area contributed by atoms with E-state index in [4.69, 9.17) is 10.5 Å².